The maximum absolute atomic E-state index is 11.8. The zero-order valence-corrected chi connectivity index (χ0v) is 12.5. The Labute approximate surface area is 134 Å². The summed E-state index contributed by atoms with van der Waals surface area (Å²) in [6.07, 6.45) is 0.358. The van der Waals surface area contributed by atoms with Gasteiger partial charge in [-0.05, 0) is 36.3 Å². The quantitative estimate of drug-likeness (QED) is 0.699. The fourth-order valence-corrected chi connectivity index (χ4v) is 2.24. The molecule has 0 bridgehead atoms. The van der Waals surface area contributed by atoms with E-state index in [9.17, 15) is 4.79 Å². The van der Waals surface area contributed by atoms with Crippen molar-refractivity contribution >= 4 is 11.6 Å². The Morgan fingerprint density at radius 1 is 1.22 bits per heavy atom. The number of anilines is 1. The highest BCUT2D eigenvalue weighted by Crippen LogP contribution is 2.31. The van der Waals surface area contributed by atoms with Crippen LogP contribution < -0.4 is 9.64 Å². The summed E-state index contributed by atoms with van der Waals surface area (Å²) in [5.41, 5.74) is 2.37. The predicted molar refractivity (Wildman–Crippen MR) is 84.9 cm³/mol. The first-order chi connectivity index (χ1) is 11.2. The molecule has 112 valence electrons. The predicted octanol–water partition coefficient (Wildman–Crippen LogP) is 2.10. The molecule has 2 aromatic rings. The molecule has 5 nitrogen and oxygen atoms in total. The summed E-state index contributed by atoms with van der Waals surface area (Å²) >= 11 is 0. The van der Waals surface area contributed by atoms with Crippen molar-refractivity contribution in [2.45, 2.75) is 6.42 Å². The Hall–Kier alpha value is -3.31. The number of nitrogens with zero attached hydrogens (tertiary/aromatic N) is 3. The number of nitriles is 1. The van der Waals surface area contributed by atoms with E-state index in [0.717, 1.165) is 11.3 Å². The van der Waals surface area contributed by atoms with Gasteiger partial charge in [0.05, 0.1) is 18.7 Å². The minimum absolute atomic E-state index is 0.0279. The van der Waals surface area contributed by atoms with Crippen molar-refractivity contribution < 1.29 is 9.53 Å². The van der Waals surface area contributed by atoms with E-state index < -0.39 is 0 Å². The molecule has 0 N–H and O–H groups in total. The van der Waals surface area contributed by atoms with Gasteiger partial charge in [-0.3, -0.25) is 4.79 Å². The molecule has 0 saturated carbocycles. The van der Waals surface area contributed by atoms with E-state index in [1.807, 2.05) is 24.3 Å². The lowest BCUT2D eigenvalue weighted by Gasteiger charge is -2.16. The Kier molecular flexibility index (Phi) is 3.95. The molecule has 0 fully saturated rings. The van der Waals surface area contributed by atoms with Crippen LogP contribution in [0.5, 0.6) is 5.75 Å². The van der Waals surface area contributed by atoms with Gasteiger partial charge >= 0.3 is 0 Å². The topological polar surface area (TPSA) is 66.2 Å². The molecule has 0 radical (unpaired) electrons. The minimum atomic E-state index is 0.0279. The molecule has 1 aromatic heterocycles. The van der Waals surface area contributed by atoms with E-state index in [2.05, 4.69) is 16.8 Å². The number of hydrogen-bond donors (Lipinski definition) is 0. The van der Waals surface area contributed by atoms with E-state index in [0.29, 0.717) is 30.2 Å². The lowest BCUT2D eigenvalue weighted by Crippen LogP contribution is -2.25. The average Bonchev–Trinajstić information content (AvgIpc) is 2.72. The highest BCUT2D eigenvalue weighted by atomic mass is 16.5. The number of amides is 1. The highest BCUT2D eigenvalue weighted by molar-refractivity contribution is 5.95. The van der Waals surface area contributed by atoms with E-state index in [1.165, 1.54) is 0 Å². The molecule has 0 spiro atoms. The summed E-state index contributed by atoms with van der Waals surface area (Å²) in [7, 11) is 1.73. The fraction of sp³-hybridized carbons (Fsp3) is 0.167. The van der Waals surface area contributed by atoms with Gasteiger partial charge in [-0.15, -0.1) is 0 Å². The highest BCUT2D eigenvalue weighted by Gasteiger charge is 2.19. The van der Waals surface area contributed by atoms with E-state index in [-0.39, 0.29) is 5.91 Å². The molecule has 3 rings (SSSR count). The average molecular weight is 303 g/mol. The fourth-order valence-electron chi connectivity index (χ4n) is 2.24. The Morgan fingerprint density at radius 2 is 2.04 bits per heavy atom. The molecule has 1 aromatic carbocycles. The first-order valence-corrected chi connectivity index (χ1v) is 7.10. The van der Waals surface area contributed by atoms with Gasteiger partial charge in [-0.2, -0.15) is 5.26 Å². The van der Waals surface area contributed by atoms with Gasteiger partial charge < -0.3 is 9.64 Å². The van der Waals surface area contributed by atoms with E-state index >= 15 is 0 Å². The van der Waals surface area contributed by atoms with Crippen molar-refractivity contribution in [2.75, 3.05) is 18.6 Å². The van der Waals surface area contributed by atoms with Crippen molar-refractivity contribution in [3.63, 3.8) is 0 Å². The van der Waals surface area contributed by atoms with Crippen LogP contribution in [-0.2, 0) is 4.79 Å². The van der Waals surface area contributed by atoms with Gasteiger partial charge in [0.1, 0.15) is 23.2 Å². The molecule has 5 heteroatoms. The molecular weight excluding hydrogens is 290 g/mol. The van der Waals surface area contributed by atoms with Crippen LogP contribution in [-0.4, -0.2) is 24.5 Å². The summed E-state index contributed by atoms with van der Waals surface area (Å²) in [6, 6.07) is 12.6. The monoisotopic (exact) mass is 303 g/mol. The number of carbonyl (C=O) groups is 1. The second-order valence-electron chi connectivity index (χ2n) is 5.00. The summed E-state index contributed by atoms with van der Waals surface area (Å²) < 4.78 is 5.63. The van der Waals surface area contributed by atoms with Crippen LogP contribution in [0.1, 0.15) is 23.4 Å². The van der Waals surface area contributed by atoms with Crippen molar-refractivity contribution in [3.05, 3.63) is 53.3 Å². The summed E-state index contributed by atoms with van der Waals surface area (Å²) in [5, 5.41) is 8.84. The zero-order valence-electron chi connectivity index (χ0n) is 12.5. The van der Waals surface area contributed by atoms with Gasteiger partial charge in [0, 0.05) is 12.6 Å². The number of hydrogen-bond acceptors (Lipinski definition) is 4. The van der Waals surface area contributed by atoms with Crippen molar-refractivity contribution in [1.82, 2.24) is 4.98 Å². The van der Waals surface area contributed by atoms with Gasteiger partial charge in [0.25, 0.3) is 0 Å². The molecule has 1 aliphatic rings. The van der Waals surface area contributed by atoms with Crippen LogP contribution in [0.3, 0.4) is 0 Å². The molecule has 0 aliphatic carbocycles. The second kappa shape index (κ2) is 6.21. The van der Waals surface area contributed by atoms with Crippen LogP contribution in [0.2, 0.25) is 0 Å². The number of aromatic nitrogens is 1. The largest absolute Gasteiger partial charge is 0.491 e. The molecule has 0 unspecified atom stereocenters. The van der Waals surface area contributed by atoms with E-state index in [1.54, 1.807) is 30.1 Å². The summed E-state index contributed by atoms with van der Waals surface area (Å²) in [5.74, 6) is 6.60. The van der Waals surface area contributed by atoms with Crippen LogP contribution in [0.15, 0.2) is 36.4 Å². The Balaban J connectivity index is 1.91. The smallest absolute Gasteiger partial charge is 0.230 e. The third kappa shape index (κ3) is 3.14. The van der Waals surface area contributed by atoms with Crippen molar-refractivity contribution in [3.8, 4) is 23.7 Å². The summed E-state index contributed by atoms with van der Waals surface area (Å²) in [6.45, 7) is 0.360. The van der Waals surface area contributed by atoms with Crippen LogP contribution in [0.25, 0.3) is 0 Å². The Morgan fingerprint density at radius 3 is 2.87 bits per heavy atom. The number of fused-ring (bicyclic) bond motifs is 1. The standard InChI is InChI=1S/C18H13N3O2/c1-21-16-8-6-13(11-17(16)23-10-9-18(21)22)5-7-14-3-2-4-15(12-19)20-14/h2-4,6,8,11H,9-10H2,1H3. The molecule has 1 aliphatic heterocycles. The molecule has 1 amide bonds. The SMILES string of the molecule is CN1C(=O)CCOc2cc(C#Cc3cccc(C#N)n3)ccc21. The Bertz CT molecular complexity index is 872. The number of carbonyl (C=O) groups excluding carboxylic acids is 1. The van der Waals surface area contributed by atoms with Gasteiger partial charge in [0.15, 0.2) is 0 Å². The minimum Gasteiger partial charge on any atom is -0.491 e. The first kappa shape index (κ1) is 14.6. The maximum Gasteiger partial charge on any atom is 0.230 e. The maximum atomic E-state index is 11.8. The number of pyridine rings is 1. The molecular formula is C18H13N3O2. The third-order valence-electron chi connectivity index (χ3n) is 3.47. The number of rotatable bonds is 0. The van der Waals surface area contributed by atoms with Crippen LogP contribution >= 0.6 is 0 Å². The van der Waals surface area contributed by atoms with Gasteiger partial charge in [-0.1, -0.05) is 12.0 Å². The molecule has 2 heterocycles. The number of benzene rings is 1. The molecule has 23 heavy (non-hydrogen) atoms. The molecule has 0 atom stereocenters. The van der Waals surface area contributed by atoms with Crippen molar-refractivity contribution in [1.29, 1.82) is 5.26 Å². The molecule has 0 saturated heterocycles. The summed E-state index contributed by atoms with van der Waals surface area (Å²) in [4.78, 5) is 17.5. The van der Waals surface area contributed by atoms with Gasteiger partial charge in [0.2, 0.25) is 5.91 Å². The van der Waals surface area contributed by atoms with Crippen LogP contribution in [0.4, 0.5) is 5.69 Å². The first-order valence-electron chi connectivity index (χ1n) is 7.10. The normalized spacial score (nSPS) is 13.0. The zero-order chi connectivity index (χ0) is 16.2. The van der Waals surface area contributed by atoms with Crippen LogP contribution in [0, 0.1) is 23.2 Å². The van der Waals surface area contributed by atoms with Gasteiger partial charge in [-0.25, -0.2) is 4.98 Å². The second-order valence-corrected chi connectivity index (χ2v) is 5.00. The van der Waals surface area contributed by atoms with Crippen molar-refractivity contribution in [2.24, 2.45) is 0 Å². The lowest BCUT2D eigenvalue weighted by atomic mass is 10.1. The lowest BCUT2D eigenvalue weighted by molar-refractivity contribution is -0.118. The third-order valence-corrected chi connectivity index (χ3v) is 3.47. The number of ether oxygens (including phenoxy) is 1. The van der Waals surface area contributed by atoms with E-state index in [4.69, 9.17) is 10.00 Å².